The summed E-state index contributed by atoms with van der Waals surface area (Å²) < 4.78 is 44.7. The average Bonchev–Trinajstić information content (AvgIpc) is 3.35. The molecule has 4 aliphatic rings. The summed E-state index contributed by atoms with van der Waals surface area (Å²) in [6.45, 7) is 23.1. The van der Waals surface area contributed by atoms with Gasteiger partial charge in [-0.2, -0.15) is 0 Å². The highest BCUT2D eigenvalue weighted by Gasteiger charge is 2.57. The molecule has 2 bridgehead atoms. The van der Waals surface area contributed by atoms with Gasteiger partial charge in [0.05, 0.1) is 37.1 Å². The molecule has 404 valence electrons. The zero-order valence-electron chi connectivity index (χ0n) is 46.0. The first-order valence-electron chi connectivity index (χ1n) is 26.7. The topological polar surface area (TPSA) is 173 Å². The Morgan fingerprint density at radius 3 is 2.14 bits per heavy atom. The van der Waals surface area contributed by atoms with E-state index in [4.69, 9.17) is 32.8 Å². The number of ketones is 2. The van der Waals surface area contributed by atoms with Crippen molar-refractivity contribution in [3.8, 4) is 0 Å². The van der Waals surface area contributed by atoms with Gasteiger partial charge in [0.25, 0.3) is 11.7 Å². The first kappa shape index (κ1) is 59.5. The molecule has 2 saturated heterocycles. The minimum absolute atomic E-state index is 0.0296. The second-order valence-corrected chi connectivity index (χ2v) is 27.9. The molecule has 14 nitrogen and oxygen atoms in total. The molecule has 0 aromatic heterocycles. The highest BCUT2D eigenvalue weighted by atomic mass is 28.4. The van der Waals surface area contributed by atoms with Gasteiger partial charge in [0, 0.05) is 57.6 Å². The molecule has 3 aliphatic heterocycles. The molecule has 3 heterocycles. The van der Waals surface area contributed by atoms with Gasteiger partial charge >= 0.3 is 5.97 Å². The molecule has 1 aromatic carbocycles. The van der Waals surface area contributed by atoms with Crippen LogP contribution >= 0.6 is 0 Å². The van der Waals surface area contributed by atoms with Crippen LogP contribution in [0.3, 0.4) is 0 Å². The van der Waals surface area contributed by atoms with E-state index >= 15 is 0 Å². The highest BCUT2D eigenvalue weighted by molar-refractivity contribution is 6.74. The van der Waals surface area contributed by atoms with Crippen LogP contribution in [-0.2, 0) is 58.6 Å². The van der Waals surface area contributed by atoms with Crippen LogP contribution < -0.4 is 0 Å². The first-order valence-corrected chi connectivity index (χ1v) is 29.6. The molecule has 72 heavy (non-hydrogen) atoms. The molecule has 15 heteroatoms. The molecule has 0 spiro atoms. The number of esters is 1. The highest BCUT2D eigenvalue weighted by Crippen LogP contribution is 2.42. The second-order valence-electron chi connectivity index (χ2n) is 23.1. The smallest absolute Gasteiger partial charge is 0.329 e. The fourth-order valence-corrected chi connectivity index (χ4v) is 12.6. The van der Waals surface area contributed by atoms with Crippen molar-refractivity contribution in [2.24, 2.45) is 29.6 Å². The van der Waals surface area contributed by atoms with Gasteiger partial charge in [-0.15, -0.1) is 0 Å². The number of Topliss-reactive ketones (excluding diaryl/α,β-unsaturated/α-hetero) is 2. The Labute approximate surface area is 431 Å². The van der Waals surface area contributed by atoms with Gasteiger partial charge in [0.15, 0.2) is 8.32 Å². The van der Waals surface area contributed by atoms with E-state index in [9.17, 15) is 29.1 Å². The number of piperidine rings is 1. The van der Waals surface area contributed by atoms with Crippen LogP contribution in [0, 0.1) is 29.6 Å². The van der Waals surface area contributed by atoms with E-state index in [1.165, 1.54) is 4.90 Å². The van der Waals surface area contributed by atoms with Crippen LogP contribution in [0.15, 0.2) is 47.6 Å². The second kappa shape index (κ2) is 25.9. The molecule has 1 aliphatic carbocycles. The van der Waals surface area contributed by atoms with Crippen LogP contribution in [0.5, 0.6) is 0 Å². The van der Waals surface area contributed by atoms with Gasteiger partial charge in [-0.3, -0.25) is 19.2 Å². The monoisotopic (exact) mass is 1020 g/mol. The number of methoxy groups -OCH3 is 3. The minimum Gasteiger partial charge on any atom is -0.456 e. The molecular weight excluding hydrogens is 935 g/mol. The maximum Gasteiger partial charge on any atom is 0.329 e. The molecule has 3 fully saturated rings. The quantitative estimate of drug-likeness (QED) is 0.0690. The van der Waals surface area contributed by atoms with Gasteiger partial charge in [0.2, 0.25) is 5.79 Å². The molecular formula is C57H89NO13Si. The first-order chi connectivity index (χ1) is 33.9. The lowest BCUT2D eigenvalue weighted by Gasteiger charge is -2.47. The lowest BCUT2D eigenvalue weighted by Crippen LogP contribution is -2.64. The summed E-state index contributed by atoms with van der Waals surface area (Å²) in [5, 5.41) is 12.1. The standard InChI is InChI=1S/C57H89NO13Si/c1-15-43-27-35(2)26-36(3)28-49(66-11)52-50(67-12)30-38(5)57(64,70-52)53(61)54(62)58-25-17-16-18-44(58)55(63)69-51(39(6)47(32-45(43)60)71-72(13,14)56(7,8)9)37(4)29-42-23-24-46(48(31-42)65-10)68-34-41-21-19-40(33-59)20-22-41/h19-22,27,29,33,36,38-39,42-44,46-52,64H,15-18,23-26,28,30-32,34H2,1-14H3/b35-27+,37-29?. The summed E-state index contributed by atoms with van der Waals surface area (Å²) in [5.41, 5.74) is 3.39. The van der Waals surface area contributed by atoms with E-state index in [0.29, 0.717) is 50.7 Å². The maximum absolute atomic E-state index is 15.0. The number of aliphatic hydroxyl groups is 1. The molecule has 1 aromatic rings. The van der Waals surface area contributed by atoms with Crippen LogP contribution in [0.1, 0.15) is 149 Å². The number of fused-ring (bicyclic) bond motifs is 3. The normalized spacial score (nSPS) is 35.4. The molecule has 14 unspecified atom stereocenters. The Balaban J connectivity index is 1.57. The van der Waals surface area contributed by atoms with Crippen LogP contribution in [0.2, 0.25) is 18.1 Å². The molecule has 1 saturated carbocycles. The van der Waals surface area contributed by atoms with Gasteiger partial charge in [-0.05, 0) is 119 Å². The number of aldehydes is 1. The number of allylic oxidation sites excluding steroid dienone is 3. The van der Waals surface area contributed by atoms with E-state index in [2.05, 4.69) is 52.9 Å². The van der Waals surface area contributed by atoms with Crippen molar-refractivity contribution in [2.75, 3.05) is 27.9 Å². The number of hydrogen-bond donors (Lipinski definition) is 1. The molecule has 5 rings (SSSR count). The van der Waals surface area contributed by atoms with Crippen molar-refractivity contribution >= 4 is 38.0 Å². The number of carbonyl (C=O) groups is 5. The molecule has 0 radical (unpaired) electrons. The number of nitrogens with zero attached hydrogens (tertiary/aromatic N) is 1. The van der Waals surface area contributed by atoms with Crippen molar-refractivity contribution in [1.29, 1.82) is 0 Å². The van der Waals surface area contributed by atoms with Gasteiger partial charge in [-0.1, -0.05) is 90.5 Å². The van der Waals surface area contributed by atoms with Crippen molar-refractivity contribution in [3.63, 3.8) is 0 Å². The third kappa shape index (κ3) is 14.5. The molecule has 1 amide bonds. The third-order valence-corrected chi connectivity index (χ3v) is 21.2. The lowest BCUT2D eigenvalue weighted by molar-refractivity contribution is -0.302. The summed E-state index contributed by atoms with van der Waals surface area (Å²) in [6, 6.07) is 6.21. The number of carbonyl (C=O) groups excluding carboxylic acids is 5. The number of amides is 1. The lowest BCUT2D eigenvalue weighted by atomic mass is 9.81. The summed E-state index contributed by atoms with van der Waals surface area (Å²) in [7, 11) is 2.24. The van der Waals surface area contributed by atoms with E-state index < -0.39 is 80.2 Å². The van der Waals surface area contributed by atoms with E-state index in [0.717, 1.165) is 35.8 Å². The summed E-state index contributed by atoms with van der Waals surface area (Å²) in [5.74, 6) is -6.95. The third-order valence-electron chi connectivity index (χ3n) is 16.7. The predicted molar refractivity (Wildman–Crippen MR) is 279 cm³/mol. The number of rotatable bonds is 12. The predicted octanol–water partition coefficient (Wildman–Crippen LogP) is 9.54. The van der Waals surface area contributed by atoms with Crippen LogP contribution in [-0.4, -0.2) is 130 Å². The van der Waals surface area contributed by atoms with Crippen molar-refractivity contribution in [2.45, 2.75) is 212 Å². The van der Waals surface area contributed by atoms with Crippen molar-refractivity contribution in [1.82, 2.24) is 4.90 Å². The van der Waals surface area contributed by atoms with Gasteiger partial charge in [-0.25, -0.2) is 4.79 Å². The number of cyclic esters (lactones) is 1. The zero-order valence-corrected chi connectivity index (χ0v) is 47.0. The zero-order chi connectivity index (χ0) is 53.3. The largest absolute Gasteiger partial charge is 0.456 e. The maximum atomic E-state index is 15.0. The summed E-state index contributed by atoms with van der Waals surface area (Å²) in [4.78, 5) is 71.4. The minimum atomic E-state index is -2.56. The van der Waals surface area contributed by atoms with E-state index in [-0.39, 0.29) is 66.6 Å². The van der Waals surface area contributed by atoms with Gasteiger partial charge in [0.1, 0.15) is 30.3 Å². The summed E-state index contributed by atoms with van der Waals surface area (Å²) in [6.07, 6.45) is 6.70. The molecule has 1 N–H and O–H groups in total. The summed E-state index contributed by atoms with van der Waals surface area (Å²) >= 11 is 0. The number of hydrogen-bond acceptors (Lipinski definition) is 13. The van der Waals surface area contributed by atoms with E-state index in [1.54, 1.807) is 40.4 Å². The van der Waals surface area contributed by atoms with Gasteiger partial charge < -0.3 is 42.9 Å². The Kier molecular flexibility index (Phi) is 21.4. The van der Waals surface area contributed by atoms with Crippen LogP contribution in [0.25, 0.3) is 0 Å². The SMILES string of the molecule is CCC1/C=C(\C)CC(C)CC(OC)C2OC(O)(C(=O)C(=O)N3CCCCC3C(=O)OC(C(C)=CC3CCC(OCc4ccc(C=O)cc4)C(OC)C3)C(C)C(O[Si](C)(C)C(C)(C)C)CC1=O)C(C)CC2OC. The number of ether oxygens (including phenoxy) is 6. The average molecular weight is 1020 g/mol. The van der Waals surface area contributed by atoms with Crippen molar-refractivity contribution < 1.29 is 61.9 Å². The Bertz CT molecular complexity index is 2060. The number of benzene rings is 1. The Hall–Kier alpha value is -3.41. The van der Waals surface area contributed by atoms with E-state index in [1.807, 2.05) is 39.8 Å². The Morgan fingerprint density at radius 1 is 0.875 bits per heavy atom. The molecule has 14 atom stereocenters. The fourth-order valence-electron chi connectivity index (χ4n) is 11.2. The Morgan fingerprint density at radius 2 is 1.53 bits per heavy atom. The van der Waals surface area contributed by atoms with Crippen molar-refractivity contribution in [3.05, 3.63) is 58.7 Å². The van der Waals surface area contributed by atoms with Crippen LogP contribution in [0.4, 0.5) is 0 Å². The fraction of sp³-hybridized carbons (Fsp3) is 0.737.